The maximum absolute atomic E-state index is 12.6. The molecule has 3 rings (SSSR count). The molecule has 0 saturated heterocycles. The van der Waals surface area contributed by atoms with Crippen LogP contribution in [0.1, 0.15) is 32.6 Å². The topological polar surface area (TPSA) is 59.1 Å². The lowest BCUT2D eigenvalue weighted by Gasteiger charge is -2.26. The summed E-state index contributed by atoms with van der Waals surface area (Å²) in [5.74, 6) is 0.677. The van der Waals surface area contributed by atoms with Crippen molar-refractivity contribution in [1.82, 2.24) is 9.71 Å². The largest absolute Gasteiger partial charge is 0.253 e. The van der Waals surface area contributed by atoms with E-state index in [1.165, 1.54) is 6.20 Å². The number of pyridine rings is 1. The molecule has 2 aromatic rings. The molecule has 0 radical (unpaired) electrons. The Balaban J connectivity index is 1.77. The van der Waals surface area contributed by atoms with Gasteiger partial charge in [-0.3, -0.25) is 4.98 Å². The van der Waals surface area contributed by atoms with Crippen LogP contribution in [0.5, 0.6) is 0 Å². The smallest absolute Gasteiger partial charge is 0.240 e. The van der Waals surface area contributed by atoms with Gasteiger partial charge in [0.1, 0.15) is 0 Å². The Morgan fingerprint density at radius 2 is 1.72 bits per heavy atom. The van der Waals surface area contributed by atoms with Crippen molar-refractivity contribution >= 4 is 33.2 Å². The van der Waals surface area contributed by atoms with E-state index in [1.807, 2.05) is 0 Å². The number of sulfonamides is 1. The molecule has 0 unspecified atom stereocenters. The first-order chi connectivity index (χ1) is 11.8. The predicted octanol–water partition coefficient (Wildman–Crippen LogP) is 4.91. The quantitative estimate of drug-likeness (QED) is 0.795. The highest BCUT2D eigenvalue weighted by Gasteiger charge is 2.24. The first-order valence-corrected chi connectivity index (χ1v) is 10.5. The molecule has 1 aliphatic carbocycles. The summed E-state index contributed by atoms with van der Waals surface area (Å²) < 4.78 is 28.0. The average Bonchev–Trinajstić information content (AvgIpc) is 2.57. The molecule has 0 atom stereocenters. The second-order valence-corrected chi connectivity index (χ2v) is 9.14. The van der Waals surface area contributed by atoms with E-state index >= 15 is 0 Å². The lowest BCUT2D eigenvalue weighted by molar-refractivity contribution is 0.332. The molecule has 1 aliphatic rings. The van der Waals surface area contributed by atoms with Gasteiger partial charge in [-0.05, 0) is 49.8 Å². The first-order valence-electron chi connectivity index (χ1n) is 8.29. The van der Waals surface area contributed by atoms with Crippen molar-refractivity contribution in [2.75, 3.05) is 0 Å². The van der Waals surface area contributed by atoms with Crippen molar-refractivity contribution in [3.05, 3.63) is 46.6 Å². The van der Waals surface area contributed by atoms with Crippen molar-refractivity contribution < 1.29 is 8.42 Å². The summed E-state index contributed by atoms with van der Waals surface area (Å²) in [5.41, 5.74) is 1.32. The molecule has 1 fully saturated rings. The second-order valence-electron chi connectivity index (χ2n) is 6.59. The van der Waals surface area contributed by atoms with E-state index in [0.29, 0.717) is 21.7 Å². The van der Waals surface area contributed by atoms with Gasteiger partial charge < -0.3 is 0 Å². The molecule has 134 valence electrons. The Labute approximate surface area is 158 Å². The van der Waals surface area contributed by atoms with E-state index in [-0.39, 0.29) is 10.9 Å². The molecule has 1 heterocycles. The minimum atomic E-state index is -3.52. The highest BCUT2D eigenvalue weighted by atomic mass is 35.5. The fourth-order valence-corrected chi connectivity index (χ4v) is 4.88. The first kappa shape index (κ1) is 18.6. The molecule has 7 heteroatoms. The summed E-state index contributed by atoms with van der Waals surface area (Å²) in [6.45, 7) is 2.21. The number of hydrogen-bond acceptors (Lipinski definition) is 3. The molecule has 0 aliphatic heterocycles. The van der Waals surface area contributed by atoms with Gasteiger partial charge in [-0.1, -0.05) is 42.3 Å². The van der Waals surface area contributed by atoms with Gasteiger partial charge in [-0.2, -0.15) is 0 Å². The van der Waals surface area contributed by atoms with Crippen LogP contribution >= 0.6 is 23.2 Å². The average molecular weight is 399 g/mol. The maximum Gasteiger partial charge on any atom is 0.240 e. The summed E-state index contributed by atoms with van der Waals surface area (Å²) in [6.07, 6.45) is 5.42. The lowest BCUT2D eigenvalue weighted by Crippen LogP contribution is -2.37. The number of nitrogens with zero attached hydrogens (tertiary/aromatic N) is 1. The van der Waals surface area contributed by atoms with Gasteiger partial charge in [0.25, 0.3) is 0 Å². The standard InChI is InChI=1S/C18H20Cl2N2O2S/c1-12-2-6-15(7-3-12)22-25(23,24)16-8-4-13(5-9-16)18-17(20)10-14(19)11-21-18/h4-5,8-12,15,22H,2-3,6-7H2,1H3/t12-,15+. The summed E-state index contributed by atoms with van der Waals surface area (Å²) in [6, 6.07) is 8.21. The summed E-state index contributed by atoms with van der Waals surface area (Å²) in [5, 5.41) is 0.886. The van der Waals surface area contributed by atoms with E-state index in [0.717, 1.165) is 31.2 Å². The fourth-order valence-electron chi connectivity index (χ4n) is 3.08. The van der Waals surface area contributed by atoms with Crippen LogP contribution in [-0.4, -0.2) is 19.4 Å². The van der Waals surface area contributed by atoms with Crippen LogP contribution in [0, 0.1) is 5.92 Å². The molecular formula is C18H20Cl2N2O2S. The number of hydrogen-bond donors (Lipinski definition) is 1. The second kappa shape index (κ2) is 7.62. The zero-order valence-corrected chi connectivity index (χ0v) is 16.2. The minimum absolute atomic E-state index is 0.0215. The molecule has 0 amide bonds. The Hall–Kier alpha value is -1.14. The number of halogens is 2. The Bertz CT molecular complexity index is 846. The van der Waals surface area contributed by atoms with E-state index < -0.39 is 10.0 Å². The van der Waals surface area contributed by atoms with Crippen molar-refractivity contribution in [1.29, 1.82) is 0 Å². The molecule has 4 nitrogen and oxygen atoms in total. The van der Waals surface area contributed by atoms with Gasteiger partial charge in [0.2, 0.25) is 10.0 Å². The summed E-state index contributed by atoms with van der Waals surface area (Å²) >= 11 is 12.0. The van der Waals surface area contributed by atoms with E-state index in [1.54, 1.807) is 30.3 Å². The van der Waals surface area contributed by atoms with Gasteiger partial charge in [0.15, 0.2) is 0 Å². The number of benzene rings is 1. The third-order valence-corrected chi connectivity index (χ3v) is 6.61. The third kappa shape index (κ3) is 4.53. The van der Waals surface area contributed by atoms with Crippen LogP contribution < -0.4 is 4.72 Å². The summed E-state index contributed by atoms with van der Waals surface area (Å²) in [4.78, 5) is 4.46. The predicted molar refractivity (Wildman–Crippen MR) is 101 cm³/mol. The highest BCUT2D eigenvalue weighted by Crippen LogP contribution is 2.29. The number of nitrogens with one attached hydrogen (secondary N) is 1. The Morgan fingerprint density at radius 1 is 1.08 bits per heavy atom. The fraction of sp³-hybridized carbons (Fsp3) is 0.389. The molecule has 1 N–H and O–H groups in total. The molecule has 1 aromatic carbocycles. The van der Waals surface area contributed by atoms with Gasteiger partial charge in [0, 0.05) is 17.8 Å². The Morgan fingerprint density at radius 3 is 2.32 bits per heavy atom. The number of aromatic nitrogens is 1. The van der Waals surface area contributed by atoms with Crippen molar-refractivity contribution in [3.8, 4) is 11.3 Å². The van der Waals surface area contributed by atoms with Crippen LogP contribution in [0.25, 0.3) is 11.3 Å². The van der Waals surface area contributed by atoms with Crippen LogP contribution in [0.15, 0.2) is 41.4 Å². The van der Waals surface area contributed by atoms with Crippen molar-refractivity contribution in [3.63, 3.8) is 0 Å². The molecule has 0 bridgehead atoms. The van der Waals surface area contributed by atoms with Gasteiger partial charge >= 0.3 is 0 Å². The maximum atomic E-state index is 12.6. The van der Waals surface area contributed by atoms with Crippen LogP contribution in [0.2, 0.25) is 10.0 Å². The number of rotatable bonds is 4. The monoisotopic (exact) mass is 398 g/mol. The van der Waals surface area contributed by atoms with Gasteiger partial charge in [-0.25, -0.2) is 13.1 Å². The van der Waals surface area contributed by atoms with Crippen molar-refractivity contribution in [2.45, 2.75) is 43.5 Å². The lowest BCUT2D eigenvalue weighted by atomic mass is 9.88. The SMILES string of the molecule is C[C@H]1CC[C@@H](NS(=O)(=O)c2ccc(-c3ncc(Cl)cc3Cl)cc2)CC1. The van der Waals surface area contributed by atoms with Crippen LogP contribution in [-0.2, 0) is 10.0 Å². The molecule has 25 heavy (non-hydrogen) atoms. The zero-order valence-electron chi connectivity index (χ0n) is 13.9. The zero-order chi connectivity index (χ0) is 18.0. The van der Waals surface area contributed by atoms with Crippen molar-refractivity contribution in [2.24, 2.45) is 5.92 Å². The van der Waals surface area contributed by atoms with Gasteiger partial charge in [-0.15, -0.1) is 0 Å². The molecule has 1 saturated carbocycles. The normalized spacial score (nSPS) is 21.2. The third-order valence-electron chi connectivity index (χ3n) is 4.58. The van der Waals surface area contributed by atoms with Gasteiger partial charge in [0.05, 0.1) is 20.6 Å². The molecule has 1 aromatic heterocycles. The molecular weight excluding hydrogens is 379 g/mol. The van der Waals surface area contributed by atoms with E-state index in [2.05, 4.69) is 16.6 Å². The van der Waals surface area contributed by atoms with E-state index in [9.17, 15) is 8.42 Å². The highest BCUT2D eigenvalue weighted by molar-refractivity contribution is 7.89. The summed E-state index contributed by atoms with van der Waals surface area (Å²) in [7, 11) is -3.52. The van der Waals surface area contributed by atoms with Crippen LogP contribution in [0.3, 0.4) is 0 Å². The molecule has 0 spiro atoms. The van der Waals surface area contributed by atoms with Crippen LogP contribution in [0.4, 0.5) is 0 Å². The Kier molecular flexibility index (Phi) is 5.68. The minimum Gasteiger partial charge on any atom is -0.253 e. The van der Waals surface area contributed by atoms with E-state index in [4.69, 9.17) is 23.2 Å².